The minimum Gasteiger partial charge on any atom is -0.271 e. The van der Waals surface area contributed by atoms with E-state index in [1.165, 1.54) is 25.4 Å². The number of nitrogens with two attached hydrogens (primary N) is 1. The molecule has 2 nitrogen and oxygen atoms in total. The maximum absolute atomic E-state index is 5.76. The van der Waals surface area contributed by atoms with Gasteiger partial charge in [-0.3, -0.25) is 5.84 Å². The second kappa shape index (κ2) is 4.82. The van der Waals surface area contributed by atoms with Crippen molar-refractivity contribution in [1.29, 1.82) is 0 Å². The molecule has 92 valence electrons. The maximum atomic E-state index is 5.76. The van der Waals surface area contributed by atoms with Crippen molar-refractivity contribution in [3.63, 3.8) is 0 Å². The average molecular weight is 274 g/mol. The Morgan fingerprint density at radius 2 is 2.00 bits per heavy atom. The lowest BCUT2D eigenvalue weighted by Gasteiger charge is -2.13. The van der Waals surface area contributed by atoms with Gasteiger partial charge >= 0.3 is 0 Å². The van der Waals surface area contributed by atoms with Gasteiger partial charge in [0.2, 0.25) is 0 Å². The zero-order chi connectivity index (χ0) is 12.5. The van der Waals surface area contributed by atoms with Crippen LogP contribution in [0.2, 0.25) is 0 Å². The van der Waals surface area contributed by atoms with E-state index in [-0.39, 0.29) is 6.04 Å². The first-order valence-electron chi connectivity index (χ1n) is 5.78. The molecule has 2 aromatic heterocycles. The molecule has 1 unspecified atom stereocenters. The van der Waals surface area contributed by atoms with E-state index in [1.807, 2.05) is 0 Å². The van der Waals surface area contributed by atoms with Crippen LogP contribution in [-0.4, -0.2) is 0 Å². The van der Waals surface area contributed by atoms with Crippen LogP contribution in [-0.2, 0) is 0 Å². The van der Waals surface area contributed by atoms with E-state index in [0.29, 0.717) is 0 Å². The number of hydrazine groups is 1. The summed E-state index contributed by atoms with van der Waals surface area (Å²) in [7, 11) is 0. The predicted octanol–water partition coefficient (Wildman–Crippen LogP) is 3.82. The fourth-order valence-corrected chi connectivity index (χ4v) is 4.10. The molecule has 4 heteroatoms. The molecule has 0 fully saturated rings. The molecule has 0 radical (unpaired) electrons. The van der Waals surface area contributed by atoms with Crippen LogP contribution < -0.4 is 11.3 Å². The number of fused-ring (bicyclic) bond motifs is 1. The lowest BCUT2D eigenvalue weighted by Crippen LogP contribution is -2.27. The second-order valence-corrected chi connectivity index (χ2v) is 6.47. The zero-order valence-electron chi connectivity index (χ0n) is 10.0. The number of aryl methyl sites for hydroxylation is 1. The van der Waals surface area contributed by atoms with Gasteiger partial charge in [-0.15, -0.1) is 22.7 Å². The number of thiophene rings is 2. The SMILES string of the molecule is Cc1ccc(C(NN)c2csc3ccccc23)s1. The highest BCUT2D eigenvalue weighted by atomic mass is 32.1. The molecule has 3 aromatic rings. The number of rotatable bonds is 3. The molecule has 1 aromatic carbocycles. The fourth-order valence-electron chi connectivity index (χ4n) is 2.16. The summed E-state index contributed by atoms with van der Waals surface area (Å²) in [6, 6.07) is 12.8. The molecule has 0 saturated heterocycles. The summed E-state index contributed by atoms with van der Waals surface area (Å²) in [5.41, 5.74) is 4.21. The Balaban J connectivity index is 2.11. The van der Waals surface area contributed by atoms with Crippen molar-refractivity contribution in [2.75, 3.05) is 0 Å². The fraction of sp³-hybridized carbons (Fsp3) is 0.143. The summed E-state index contributed by atoms with van der Waals surface area (Å²) in [6.07, 6.45) is 0. The van der Waals surface area contributed by atoms with Crippen LogP contribution >= 0.6 is 22.7 Å². The average Bonchev–Trinajstić information content (AvgIpc) is 2.98. The Morgan fingerprint density at radius 3 is 2.72 bits per heavy atom. The molecule has 0 bridgehead atoms. The van der Waals surface area contributed by atoms with Crippen molar-refractivity contribution in [3.05, 3.63) is 57.1 Å². The summed E-state index contributed by atoms with van der Waals surface area (Å²) >= 11 is 3.56. The Labute approximate surface area is 114 Å². The molecule has 1 atom stereocenters. The number of benzene rings is 1. The summed E-state index contributed by atoms with van der Waals surface area (Å²) in [5, 5.41) is 3.49. The molecule has 2 heterocycles. The third-order valence-corrected chi connectivity index (χ3v) is 5.08. The Bertz CT molecular complexity index is 669. The van der Waals surface area contributed by atoms with Crippen molar-refractivity contribution >= 4 is 32.8 Å². The van der Waals surface area contributed by atoms with Crippen LogP contribution in [0.4, 0.5) is 0 Å². The third kappa shape index (κ3) is 1.97. The number of hydrogen-bond acceptors (Lipinski definition) is 4. The van der Waals surface area contributed by atoms with Gasteiger partial charge in [-0.25, -0.2) is 5.43 Å². The summed E-state index contributed by atoms with van der Waals surface area (Å²) in [6.45, 7) is 2.12. The summed E-state index contributed by atoms with van der Waals surface area (Å²) in [5.74, 6) is 5.76. The molecule has 0 saturated carbocycles. The van der Waals surface area contributed by atoms with Gasteiger partial charge in [-0.2, -0.15) is 0 Å². The first-order valence-corrected chi connectivity index (χ1v) is 7.48. The van der Waals surface area contributed by atoms with E-state index in [1.54, 1.807) is 22.7 Å². The normalized spacial score (nSPS) is 13.0. The smallest absolute Gasteiger partial charge is 0.0816 e. The molecular formula is C14H14N2S2. The maximum Gasteiger partial charge on any atom is 0.0816 e. The highest BCUT2D eigenvalue weighted by Gasteiger charge is 2.17. The Hall–Kier alpha value is -1.20. The van der Waals surface area contributed by atoms with E-state index in [4.69, 9.17) is 5.84 Å². The topological polar surface area (TPSA) is 38.0 Å². The van der Waals surface area contributed by atoms with Gasteiger partial charge < -0.3 is 0 Å². The second-order valence-electron chi connectivity index (χ2n) is 4.24. The van der Waals surface area contributed by atoms with E-state index >= 15 is 0 Å². The van der Waals surface area contributed by atoms with E-state index < -0.39 is 0 Å². The molecule has 3 rings (SSSR count). The number of hydrogen-bond donors (Lipinski definition) is 2. The molecule has 18 heavy (non-hydrogen) atoms. The minimum absolute atomic E-state index is 0.0832. The molecule has 0 aliphatic rings. The quantitative estimate of drug-likeness (QED) is 0.563. The Kier molecular flexibility index (Phi) is 3.18. The van der Waals surface area contributed by atoms with Gasteiger partial charge in [-0.05, 0) is 41.5 Å². The third-order valence-electron chi connectivity index (χ3n) is 3.03. The molecular weight excluding hydrogens is 260 g/mol. The lowest BCUT2D eigenvalue weighted by molar-refractivity contribution is 0.652. The van der Waals surface area contributed by atoms with Crippen molar-refractivity contribution in [1.82, 2.24) is 5.43 Å². The monoisotopic (exact) mass is 274 g/mol. The van der Waals surface area contributed by atoms with E-state index in [2.05, 4.69) is 54.1 Å². The van der Waals surface area contributed by atoms with E-state index in [9.17, 15) is 0 Å². The van der Waals surface area contributed by atoms with Crippen molar-refractivity contribution in [2.45, 2.75) is 13.0 Å². The largest absolute Gasteiger partial charge is 0.271 e. The highest BCUT2D eigenvalue weighted by Crippen LogP contribution is 2.35. The molecule has 3 N–H and O–H groups in total. The van der Waals surface area contributed by atoms with Crippen molar-refractivity contribution in [2.24, 2.45) is 5.84 Å². The van der Waals surface area contributed by atoms with Crippen LogP contribution in [0.25, 0.3) is 10.1 Å². The first kappa shape index (κ1) is 11.9. The van der Waals surface area contributed by atoms with Gasteiger partial charge in [-0.1, -0.05) is 18.2 Å². The molecule has 0 aliphatic carbocycles. The van der Waals surface area contributed by atoms with E-state index in [0.717, 1.165) is 0 Å². The van der Waals surface area contributed by atoms with Crippen LogP contribution in [0.15, 0.2) is 41.8 Å². The van der Waals surface area contributed by atoms with Crippen molar-refractivity contribution < 1.29 is 0 Å². The number of nitrogens with one attached hydrogen (secondary N) is 1. The van der Waals surface area contributed by atoms with Gasteiger partial charge in [0, 0.05) is 14.5 Å². The highest BCUT2D eigenvalue weighted by molar-refractivity contribution is 7.17. The minimum atomic E-state index is 0.0832. The summed E-state index contributed by atoms with van der Waals surface area (Å²) < 4.78 is 1.31. The first-order chi connectivity index (χ1) is 8.79. The van der Waals surface area contributed by atoms with Crippen LogP contribution in [0.1, 0.15) is 21.4 Å². The van der Waals surface area contributed by atoms with Gasteiger partial charge in [0.25, 0.3) is 0 Å². The molecule has 0 spiro atoms. The van der Waals surface area contributed by atoms with Gasteiger partial charge in [0.05, 0.1) is 6.04 Å². The van der Waals surface area contributed by atoms with Gasteiger partial charge in [0.15, 0.2) is 0 Å². The Morgan fingerprint density at radius 1 is 1.17 bits per heavy atom. The molecule has 0 aliphatic heterocycles. The van der Waals surface area contributed by atoms with Gasteiger partial charge in [0.1, 0.15) is 0 Å². The predicted molar refractivity (Wildman–Crippen MR) is 80.0 cm³/mol. The summed E-state index contributed by atoms with van der Waals surface area (Å²) in [4.78, 5) is 2.57. The zero-order valence-corrected chi connectivity index (χ0v) is 11.6. The molecule has 0 amide bonds. The van der Waals surface area contributed by atoms with Crippen LogP contribution in [0.5, 0.6) is 0 Å². The van der Waals surface area contributed by atoms with Crippen LogP contribution in [0.3, 0.4) is 0 Å². The van der Waals surface area contributed by atoms with Crippen molar-refractivity contribution in [3.8, 4) is 0 Å². The van der Waals surface area contributed by atoms with Crippen LogP contribution in [0, 0.1) is 6.92 Å². The lowest BCUT2D eigenvalue weighted by atomic mass is 10.1. The standard InChI is InChI=1S/C14H14N2S2/c1-9-6-7-13(18-9)14(16-15)11-8-17-12-5-3-2-4-10(11)12/h2-8,14,16H,15H2,1H3.